The lowest BCUT2D eigenvalue weighted by molar-refractivity contribution is -0.248. The second-order valence-corrected chi connectivity index (χ2v) is 5.91. The summed E-state index contributed by atoms with van der Waals surface area (Å²) in [6, 6.07) is 0. The fourth-order valence-electron chi connectivity index (χ4n) is 2.41. The quantitative estimate of drug-likeness (QED) is 0.355. The summed E-state index contributed by atoms with van der Waals surface area (Å²) < 4.78 is 11.9. The summed E-state index contributed by atoms with van der Waals surface area (Å²) >= 11 is 1.24. The van der Waals surface area contributed by atoms with E-state index in [0.29, 0.717) is 10.7 Å². The maximum atomic E-state index is 12.2. The van der Waals surface area contributed by atoms with Crippen LogP contribution in [0.3, 0.4) is 0 Å². The zero-order valence-corrected chi connectivity index (χ0v) is 13.1. The van der Waals surface area contributed by atoms with E-state index in [9.17, 15) is 14.7 Å². The minimum atomic E-state index is -1.65. The van der Waals surface area contributed by atoms with Crippen molar-refractivity contribution >= 4 is 23.6 Å². The molecule has 3 N–H and O–H groups in total. The van der Waals surface area contributed by atoms with E-state index < -0.39 is 23.8 Å². The lowest BCUT2D eigenvalue weighted by Gasteiger charge is -2.53. The van der Waals surface area contributed by atoms with Crippen LogP contribution in [0.4, 0.5) is 0 Å². The molecule has 2 atom stereocenters. The first-order chi connectivity index (χ1) is 10.9. The molecule has 124 valence electrons. The molecule has 2 aliphatic heterocycles. The van der Waals surface area contributed by atoms with Gasteiger partial charge in [0.05, 0.1) is 6.61 Å². The van der Waals surface area contributed by atoms with Gasteiger partial charge in [-0.1, -0.05) is 11.8 Å². The van der Waals surface area contributed by atoms with Gasteiger partial charge in [0.2, 0.25) is 10.9 Å². The molecular weight excluding hydrogens is 328 g/mol. The largest absolute Gasteiger partial charge is 0.477 e. The van der Waals surface area contributed by atoms with Gasteiger partial charge >= 0.3 is 5.97 Å². The normalized spacial score (nSPS) is 27.0. The Bertz CT molecular complexity index is 705. The highest BCUT2D eigenvalue weighted by atomic mass is 32.2. The molecule has 12 heteroatoms. The Morgan fingerprint density at radius 1 is 1.65 bits per heavy atom. The van der Waals surface area contributed by atoms with Gasteiger partial charge in [-0.15, -0.1) is 5.10 Å². The molecule has 2 aliphatic rings. The van der Waals surface area contributed by atoms with Crippen LogP contribution in [0, 0.1) is 0 Å². The van der Waals surface area contributed by atoms with Crippen LogP contribution >= 0.6 is 11.8 Å². The third-order valence-corrected chi connectivity index (χ3v) is 4.74. The van der Waals surface area contributed by atoms with Crippen LogP contribution in [-0.2, 0) is 26.1 Å². The van der Waals surface area contributed by atoms with Crippen LogP contribution in [0.2, 0.25) is 0 Å². The number of ether oxygens (including phenoxy) is 2. The summed E-state index contributed by atoms with van der Waals surface area (Å²) in [5, 5.41) is 21.0. The van der Waals surface area contributed by atoms with Crippen molar-refractivity contribution in [3.05, 3.63) is 11.3 Å². The number of carboxylic acids is 1. The first-order valence-corrected chi connectivity index (χ1v) is 7.48. The number of fused-ring (bicyclic) bond motifs is 1. The number of carbonyl (C=O) groups excluding carboxylic acids is 1. The highest BCUT2D eigenvalue weighted by Gasteiger charge is 2.64. The van der Waals surface area contributed by atoms with Crippen molar-refractivity contribution in [2.24, 2.45) is 12.8 Å². The lowest BCUT2D eigenvalue weighted by Crippen LogP contribution is -2.80. The smallest absolute Gasteiger partial charge is 0.352 e. The molecule has 1 saturated heterocycles. The van der Waals surface area contributed by atoms with E-state index in [1.54, 1.807) is 7.05 Å². The molecule has 1 amide bonds. The Morgan fingerprint density at radius 3 is 2.96 bits per heavy atom. The van der Waals surface area contributed by atoms with Gasteiger partial charge in [-0.3, -0.25) is 15.4 Å². The number of aromatic nitrogens is 4. The molecule has 1 aromatic rings. The minimum Gasteiger partial charge on any atom is -0.477 e. The number of β-lactam (4-membered cyclic amide) rings is 1. The van der Waals surface area contributed by atoms with E-state index in [4.69, 9.17) is 15.2 Å². The van der Waals surface area contributed by atoms with Gasteiger partial charge in [-0.2, -0.15) is 0 Å². The van der Waals surface area contributed by atoms with E-state index >= 15 is 0 Å². The van der Waals surface area contributed by atoms with Gasteiger partial charge in [0, 0.05) is 19.9 Å². The van der Waals surface area contributed by atoms with Gasteiger partial charge < -0.3 is 14.6 Å². The van der Waals surface area contributed by atoms with Crippen LogP contribution in [0.1, 0.15) is 0 Å². The number of carboxylic acid groups (broad SMARTS) is 1. The molecule has 23 heavy (non-hydrogen) atoms. The van der Waals surface area contributed by atoms with Crippen molar-refractivity contribution in [1.29, 1.82) is 0 Å². The first-order valence-electron chi connectivity index (χ1n) is 6.50. The van der Waals surface area contributed by atoms with E-state index in [2.05, 4.69) is 15.5 Å². The maximum Gasteiger partial charge on any atom is 0.352 e. The van der Waals surface area contributed by atoms with Crippen molar-refractivity contribution in [2.45, 2.75) is 17.1 Å². The number of aryl methyl sites for hydroxylation is 1. The highest BCUT2D eigenvalue weighted by molar-refractivity contribution is 7.99. The molecule has 0 radical (unpaired) electrons. The molecule has 11 nitrogen and oxygen atoms in total. The van der Waals surface area contributed by atoms with E-state index in [1.165, 1.54) is 23.6 Å². The van der Waals surface area contributed by atoms with Crippen molar-refractivity contribution in [1.82, 2.24) is 25.1 Å². The second kappa shape index (κ2) is 5.56. The number of carbonyl (C=O) groups is 2. The molecule has 3 heterocycles. The lowest BCUT2D eigenvalue weighted by atomic mass is 9.96. The number of nitrogens with two attached hydrogens (primary N) is 1. The number of tetrazole rings is 1. The van der Waals surface area contributed by atoms with Crippen LogP contribution < -0.4 is 5.73 Å². The predicted molar refractivity (Wildman–Crippen MR) is 74.7 cm³/mol. The van der Waals surface area contributed by atoms with Crippen LogP contribution in [0.15, 0.2) is 16.4 Å². The van der Waals surface area contributed by atoms with Crippen molar-refractivity contribution in [2.75, 3.05) is 19.5 Å². The topological polar surface area (TPSA) is 146 Å². The number of aliphatic carboxylic acids is 1. The molecule has 0 bridgehead atoms. The molecule has 0 aliphatic carbocycles. The Balaban J connectivity index is 1.85. The fraction of sp³-hybridized carbons (Fsp3) is 0.545. The molecule has 1 fully saturated rings. The van der Waals surface area contributed by atoms with Gasteiger partial charge in [-0.25, -0.2) is 9.48 Å². The number of methoxy groups -OCH3 is 1. The molecule has 1 unspecified atom stereocenters. The molecule has 0 spiro atoms. The molecule has 3 rings (SSSR count). The molecule has 0 saturated carbocycles. The van der Waals surface area contributed by atoms with Gasteiger partial charge in [0.15, 0.2) is 6.23 Å². The first kappa shape index (κ1) is 15.9. The Labute approximate surface area is 134 Å². The van der Waals surface area contributed by atoms with E-state index in [-0.39, 0.29) is 18.1 Å². The third kappa shape index (κ3) is 2.30. The van der Waals surface area contributed by atoms with Crippen molar-refractivity contribution in [3.63, 3.8) is 0 Å². The number of hydrogen-bond donors (Lipinski definition) is 2. The van der Waals surface area contributed by atoms with E-state index in [0.717, 1.165) is 4.90 Å². The maximum absolute atomic E-state index is 12.2. The van der Waals surface area contributed by atoms with E-state index in [1.807, 2.05) is 0 Å². The standard InChI is InChI=1S/C11H14N6O5S/c1-16-10(13-14-15-16)23-4-5-3-22-9-11(12,21-2)8(20)17(9)6(5)7(18)19/h9H,3-4,12H2,1-2H3,(H,18,19)/t9?,11-/m1/s1. The Morgan fingerprint density at radius 2 is 2.39 bits per heavy atom. The number of nitrogens with zero attached hydrogens (tertiary/aromatic N) is 5. The fourth-order valence-corrected chi connectivity index (χ4v) is 3.25. The highest BCUT2D eigenvalue weighted by Crippen LogP contribution is 2.39. The zero-order valence-electron chi connectivity index (χ0n) is 12.3. The summed E-state index contributed by atoms with van der Waals surface area (Å²) in [4.78, 5) is 24.7. The van der Waals surface area contributed by atoms with Crippen LogP contribution in [0.25, 0.3) is 0 Å². The van der Waals surface area contributed by atoms with Crippen LogP contribution in [0.5, 0.6) is 0 Å². The Kier molecular flexibility index (Phi) is 3.83. The second-order valence-electron chi connectivity index (χ2n) is 4.97. The van der Waals surface area contributed by atoms with Gasteiger partial charge in [0.25, 0.3) is 5.91 Å². The Hall–Kier alpha value is -2.02. The number of rotatable bonds is 5. The number of amides is 1. The van der Waals surface area contributed by atoms with Crippen LogP contribution in [-0.4, -0.2) is 73.5 Å². The summed E-state index contributed by atoms with van der Waals surface area (Å²) in [5.74, 6) is -1.61. The number of hydrogen-bond acceptors (Lipinski definition) is 9. The average molecular weight is 342 g/mol. The summed E-state index contributed by atoms with van der Waals surface area (Å²) in [5.41, 5.74) is 4.45. The zero-order chi connectivity index (χ0) is 16.8. The van der Waals surface area contributed by atoms with Gasteiger partial charge in [0.1, 0.15) is 5.70 Å². The summed E-state index contributed by atoms with van der Waals surface area (Å²) in [6.45, 7) is 0.0245. The molecular formula is C11H14N6O5S. The predicted octanol–water partition coefficient (Wildman–Crippen LogP) is -1.86. The van der Waals surface area contributed by atoms with Gasteiger partial charge in [-0.05, 0) is 16.0 Å². The third-order valence-electron chi connectivity index (χ3n) is 3.64. The molecule has 0 aromatic carbocycles. The molecule has 1 aromatic heterocycles. The number of thioether (sulfide) groups is 1. The van der Waals surface area contributed by atoms with Crippen molar-refractivity contribution in [3.8, 4) is 0 Å². The summed E-state index contributed by atoms with van der Waals surface area (Å²) in [7, 11) is 2.94. The SMILES string of the molecule is CO[C@]1(N)C(=O)N2C(C(=O)O)=C(CSc3nnnn3C)COC21. The average Bonchev–Trinajstić information content (AvgIpc) is 2.95. The summed E-state index contributed by atoms with van der Waals surface area (Å²) in [6.07, 6.45) is -0.948. The minimum absolute atomic E-state index is 0.0245. The monoisotopic (exact) mass is 342 g/mol. The van der Waals surface area contributed by atoms with Crippen molar-refractivity contribution < 1.29 is 24.2 Å².